The van der Waals surface area contributed by atoms with Crippen LogP contribution in [-0.2, 0) is 0 Å². The molecule has 1 aromatic rings. The van der Waals surface area contributed by atoms with Crippen LogP contribution in [0.25, 0.3) is 0 Å². The van der Waals surface area contributed by atoms with Crippen LogP contribution in [-0.4, -0.2) is 14.1 Å². The summed E-state index contributed by atoms with van der Waals surface area (Å²) in [6, 6.07) is 4.15. The van der Waals surface area contributed by atoms with Gasteiger partial charge < -0.3 is 4.43 Å². The Morgan fingerprint density at radius 3 is 2.43 bits per heavy atom. The molecule has 0 radical (unpaired) electrons. The number of hydrogen-bond acceptors (Lipinski definition) is 2. The van der Waals surface area contributed by atoms with Crippen molar-refractivity contribution in [1.29, 1.82) is 0 Å². The Hall–Kier alpha value is -1.09. The average Bonchev–Trinajstić information content (AvgIpc) is 2.31. The molecule has 1 aliphatic carbocycles. The Morgan fingerprint density at radius 1 is 1.24 bits per heavy atom. The molecular formula is C18H28O2Si. The monoisotopic (exact) mass is 304 g/mol. The molecule has 0 spiro atoms. The Bertz CT molecular complexity index is 567. The van der Waals surface area contributed by atoms with Crippen molar-refractivity contribution < 1.29 is 9.22 Å². The van der Waals surface area contributed by atoms with E-state index in [1.807, 2.05) is 13.0 Å². The van der Waals surface area contributed by atoms with Crippen LogP contribution >= 0.6 is 0 Å². The normalized spacial score (nSPS) is 19.4. The number of fused-ring (bicyclic) bond motifs is 1. The van der Waals surface area contributed by atoms with Gasteiger partial charge in [0.25, 0.3) is 0 Å². The molecule has 2 rings (SSSR count). The summed E-state index contributed by atoms with van der Waals surface area (Å²) in [6.07, 6.45) is 1.60. The molecule has 0 unspecified atom stereocenters. The van der Waals surface area contributed by atoms with Gasteiger partial charge in [-0.25, -0.2) is 0 Å². The lowest BCUT2D eigenvalue weighted by Gasteiger charge is -2.38. The topological polar surface area (TPSA) is 26.3 Å². The van der Waals surface area contributed by atoms with Gasteiger partial charge >= 0.3 is 0 Å². The van der Waals surface area contributed by atoms with Gasteiger partial charge in [0.05, 0.1) is 0 Å². The summed E-state index contributed by atoms with van der Waals surface area (Å²) in [5.41, 5.74) is 3.15. The Labute approximate surface area is 130 Å². The first-order valence-corrected chi connectivity index (χ1v) is 10.8. The molecule has 1 aromatic carbocycles. The highest BCUT2D eigenvalue weighted by molar-refractivity contribution is 6.74. The minimum atomic E-state index is -1.89. The van der Waals surface area contributed by atoms with Gasteiger partial charge in [0.2, 0.25) is 8.32 Å². The maximum absolute atomic E-state index is 12.3. The highest BCUT2D eigenvalue weighted by atomic mass is 28.4. The fourth-order valence-corrected chi connectivity index (χ4v) is 3.67. The molecular weight excluding hydrogens is 276 g/mol. The second-order valence-electron chi connectivity index (χ2n) is 7.95. The van der Waals surface area contributed by atoms with Gasteiger partial charge in [-0.15, -0.1) is 0 Å². The summed E-state index contributed by atoms with van der Waals surface area (Å²) in [7, 11) is -1.89. The minimum absolute atomic E-state index is 0.158. The summed E-state index contributed by atoms with van der Waals surface area (Å²) in [5, 5.41) is 0.158. The quantitative estimate of drug-likeness (QED) is 0.678. The molecule has 3 heteroatoms. The molecule has 0 aromatic heterocycles. The summed E-state index contributed by atoms with van der Waals surface area (Å²) in [4.78, 5) is 12.3. The first-order chi connectivity index (χ1) is 9.53. The summed E-state index contributed by atoms with van der Waals surface area (Å²) in [5.74, 6) is 1.63. The number of carbonyl (C=O) groups is 1. The predicted molar refractivity (Wildman–Crippen MR) is 91.0 cm³/mol. The third-order valence-corrected chi connectivity index (χ3v) is 9.40. The molecule has 1 atom stereocenters. The van der Waals surface area contributed by atoms with Gasteiger partial charge in [-0.2, -0.15) is 0 Å². The second-order valence-corrected chi connectivity index (χ2v) is 12.7. The van der Waals surface area contributed by atoms with Gasteiger partial charge in [-0.05, 0) is 55.1 Å². The van der Waals surface area contributed by atoms with Crippen LogP contribution in [0.2, 0.25) is 18.1 Å². The summed E-state index contributed by atoms with van der Waals surface area (Å²) >= 11 is 0. The number of Topliss-reactive ketones (excluding diaryl/α,β-unsaturated/α-hetero) is 1. The zero-order chi connectivity index (χ0) is 16.0. The second kappa shape index (κ2) is 5.27. The van der Waals surface area contributed by atoms with Crippen LogP contribution in [0, 0.1) is 6.92 Å². The van der Waals surface area contributed by atoms with E-state index < -0.39 is 8.32 Å². The largest absolute Gasteiger partial charge is 0.543 e. The number of aryl methyl sites for hydroxylation is 1. The van der Waals surface area contributed by atoms with Crippen LogP contribution in [0.4, 0.5) is 0 Å². The molecule has 0 saturated carbocycles. The molecule has 0 saturated heterocycles. The van der Waals surface area contributed by atoms with Crippen LogP contribution < -0.4 is 4.43 Å². The van der Waals surface area contributed by atoms with Crippen LogP contribution in [0.1, 0.15) is 67.9 Å². The number of rotatable bonds is 2. The minimum Gasteiger partial charge on any atom is -0.543 e. The number of hydrogen-bond donors (Lipinski definition) is 0. The van der Waals surface area contributed by atoms with Crippen LogP contribution in [0.15, 0.2) is 12.1 Å². The maximum Gasteiger partial charge on any atom is 0.250 e. The third-order valence-electron chi connectivity index (χ3n) is 5.06. The fraction of sp³-hybridized carbons (Fsp3) is 0.611. The van der Waals surface area contributed by atoms with Crippen molar-refractivity contribution in [2.24, 2.45) is 0 Å². The third kappa shape index (κ3) is 3.08. The van der Waals surface area contributed by atoms with E-state index in [-0.39, 0.29) is 10.8 Å². The lowest BCUT2D eigenvalue weighted by molar-refractivity contribution is 0.0967. The van der Waals surface area contributed by atoms with E-state index in [0.29, 0.717) is 12.3 Å². The van der Waals surface area contributed by atoms with Crippen LogP contribution in [0.3, 0.4) is 0 Å². The van der Waals surface area contributed by atoms with Gasteiger partial charge in [-0.1, -0.05) is 27.7 Å². The molecule has 0 bridgehead atoms. The standard InChI is InChI=1S/C18H28O2Si/c1-12-10-14-15(19)9-8-13(2)17(14)16(11-12)20-21(6,7)18(3,4)5/h10-11,13H,8-9H2,1-7H3/t13-/m1/s1. The van der Waals surface area contributed by atoms with E-state index in [2.05, 4.69) is 46.9 Å². The zero-order valence-electron chi connectivity index (χ0n) is 14.5. The highest BCUT2D eigenvalue weighted by Crippen LogP contribution is 2.43. The van der Waals surface area contributed by atoms with E-state index in [0.717, 1.165) is 28.9 Å². The van der Waals surface area contributed by atoms with E-state index in [1.54, 1.807) is 0 Å². The highest BCUT2D eigenvalue weighted by Gasteiger charge is 2.40. The van der Waals surface area contributed by atoms with Gasteiger partial charge in [0, 0.05) is 17.5 Å². The molecule has 0 N–H and O–H groups in total. The van der Waals surface area contributed by atoms with Crippen molar-refractivity contribution in [2.75, 3.05) is 0 Å². The summed E-state index contributed by atoms with van der Waals surface area (Å²) in [6.45, 7) is 15.5. The molecule has 21 heavy (non-hydrogen) atoms. The predicted octanol–water partition coefficient (Wildman–Crippen LogP) is 5.46. The molecule has 0 aliphatic heterocycles. The molecule has 116 valence electrons. The van der Waals surface area contributed by atoms with Gasteiger partial charge in [0.1, 0.15) is 5.75 Å². The first-order valence-electron chi connectivity index (χ1n) is 7.89. The molecule has 0 amide bonds. The van der Waals surface area contributed by atoms with E-state index >= 15 is 0 Å². The van der Waals surface area contributed by atoms with Crippen molar-refractivity contribution in [3.63, 3.8) is 0 Å². The van der Waals surface area contributed by atoms with E-state index in [4.69, 9.17) is 4.43 Å². The Morgan fingerprint density at radius 2 is 1.86 bits per heavy atom. The fourth-order valence-electron chi connectivity index (χ4n) is 2.64. The number of ketones is 1. The first kappa shape index (κ1) is 16.3. The number of benzene rings is 1. The van der Waals surface area contributed by atoms with Gasteiger partial charge in [0.15, 0.2) is 5.78 Å². The smallest absolute Gasteiger partial charge is 0.250 e. The number of carbonyl (C=O) groups excluding carboxylic acids is 1. The summed E-state index contributed by atoms with van der Waals surface area (Å²) < 4.78 is 6.55. The maximum atomic E-state index is 12.3. The zero-order valence-corrected chi connectivity index (χ0v) is 15.5. The van der Waals surface area contributed by atoms with Crippen molar-refractivity contribution in [3.05, 3.63) is 28.8 Å². The Kier molecular flexibility index (Phi) is 4.09. The van der Waals surface area contributed by atoms with Gasteiger partial charge in [-0.3, -0.25) is 4.79 Å². The molecule has 0 heterocycles. The molecule has 0 fully saturated rings. The van der Waals surface area contributed by atoms with Crippen molar-refractivity contribution in [1.82, 2.24) is 0 Å². The van der Waals surface area contributed by atoms with E-state index in [9.17, 15) is 4.79 Å². The SMILES string of the molecule is Cc1cc(O[Si](C)(C)C(C)(C)C)c2c(c1)C(=O)CC[C@H]2C. The van der Waals surface area contributed by atoms with Crippen molar-refractivity contribution >= 4 is 14.1 Å². The Balaban J connectivity index is 2.53. The van der Waals surface area contributed by atoms with Crippen LogP contribution in [0.5, 0.6) is 5.75 Å². The van der Waals surface area contributed by atoms with E-state index in [1.165, 1.54) is 0 Å². The molecule has 2 nitrogen and oxygen atoms in total. The lowest BCUT2D eigenvalue weighted by atomic mass is 9.82. The molecule has 1 aliphatic rings. The van der Waals surface area contributed by atoms with Crippen molar-refractivity contribution in [2.45, 2.75) is 71.5 Å². The lowest BCUT2D eigenvalue weighted by Crippen LogP contribution is -2.44. The average molecular weight is 305 g/mol. The van der Waals surface area contributed by atoms with Crippen molar-refractivity contribution in [3.8, 4) is 5.75 Å².